The van der Waals surface area contributed by atoms with Crippen LogP contribution in [-0.4, -0.2) is 30.4 Å². The Morgan fingerprint density at radius 2 is 1.79 bits per heavy atom. The highest BCUT2D eigenvalue weighted by Crippen LogP contribution is 2.24. The molecule has 0 bridgehead atoms. The van der Waals surface area contributed by atoms with Crippen molar-refractivity contribution in [1.82, 2.24) is 4.90 Å². The molecule has 2 amide bonds. The first kappa shape index (κ1) is 19.5. The highest BCUT2D eigenvalue weighted by molar-refractivity contribution is 6.30. The average molecular weight is 399 g/mol. The molecule has 3 aromatic rings. The SMILES string of the molecule is CN(Cc1ccc(-c2ccc(Cl)cc2)o1)C(=O)COc1ccccc1C(N)=O. The molecule has 0 radical (unpaired) electrons. The molecule has 0 saturated carbocycles. The van der Waals surface area contributed by atoms with Crippen molar-refractivity contribution < 1.29 is 18.7 Å². The maximum absolute atomic E-state index is 12.3. The molecule has 0 aliphatic rings. The number of benzene rings is 2. The molecule has 0 spiro atoms. The predicted molar refractivity (Wildman–Crippen MR) is 106 cm³/mol. The summed E-state index contributed by atoms with van der Waals surface area (Å²) in [4.78, 5) is 25.2. The van der Waals surface area contributed by atoms with Gasteiger partial charge in [0.15, 0.2) is 6.61 Å². The molecule has 0 aliphatic heterocycles. The van der Waals surface area contributed by atoms with Gasteiger partial charge in [-0.1, -0.05) is 23.7 Å². The summed E-state index contributed by atoms with van der Waals surface area (Å²) in [6.07, 6.45) is 0. The maximum Gasteiger partial charge on any atom is 0.260 e. The van der Waals surface area contributed by atoms with Gasteiger partial charge in [0.1, 0.15) is 17.3 Å². The number of ether oxygens (including phenoxy) is 1. The minimum atomic E-state index is -0.610. The molecule has 1 heterocycles. The molecule has 0 aliphatic carbocycles. The van der Waals surface area contributed by atoms with Gasteiger partial charge in [-0.3, -0.25) is 9.59 Å². The van der Waals surface area contributed by atoms with Crippen LogP contribution in [0.1, 0.15) is 16.1 Å². The van der Waals surface area contributed by atoms with Gasteiger partial charge in [-0.05, 0) is 48.5 Å². The van der Waals surface area contributed by atoms with E-state index in [9.17, 15) is 9.59 Å². The van der Waals surface area contributed by atoms with Gasteiger partial charge in [0, 0.05) is 17.6 Å². The van der Waals surface area contributed by atoms with Crippen LogP contribution < -0.4 is 10.5 Å². The lowest BCUT2D eigenvalue weighted by molar-refractivity contribution is -0.132. The first-order valence-electron chi connectivity index (χ1n) is 8.54. The number of furan rings is 1. The molecule has 144 valence electrons. The van der Waals surface area contributed by atoms with Crippen molar-refractivity contribution in [2.75, 3.05) is 13.7 Å². The molecule has 6 nitrogen and oxygen atoms in total. The number of carbonyl (C=O) groups is 2. The van der Waals surface area contributed by atoms with E-state index in [1.807, 2.05) is 24.3 Å². The molecule has 2 N–H and O–H groups in total. The Kier molecular flexibility index (Phi) is 6.01. The fourth-order valence-corrected chi connectivity index (χ4v) is 2.73. The van der Waals surface area contributed by atoms with Gasteiger partial charge in [0.25, 0.3) is 11.8 Å². The number of nitrogens with two attached hydrogens (primary N) is 1. The Hall–Kier alpha value is -3.25. The van der Waals surface area contributed by atoms with Gasteiger partial charge in [-0.2, -0.15) is 0 Å². The van der Waals surface area contributed by atoms with Gasteiger partial charge in [0.05, 0.1) is 12.1 Å². The molecule has 0 atom stereocenters. The molecular formula is C21H19ClN2O4. The van der Waals surface area contributed by atoms with Crippen LogP contribution in [-0.2, 0) is 11.3 Å². The van der Waals surface area contributed by atoms with Gasteiger partial charge in [0.2, 0.25) is 0 Å². The Balaban J connectivity index is 1.59. The number of nitrogens with zero attached hydrogens (tertiary/aromatic N) is 1. The third kappa shape index (κ3) is 4.72. The Bertz CT molecular complexity index is 982. The number of hydrogen-bond donors (Lipinski definition) is 1. The van der Waals surface area contributed by atoms with E-state index < -0.39 is 5.91 Å². The average Bonchev–Trinajstić information content (AvgIpc) is 3.15. The van der Waals surface area contributed by atoms with E-state index in [2.05, 4.69) is 0 Å². The van der Waals surface area contributed by atoms with Crippen molar-refractivity contribution in [2.24, 2.45) is 5.73 Å². The van der Waals surface area contributed by atoms with Crippen LogP contribution >= 0.6 is 11.6 Å². The van der Waals surface area contributed by atoms with Crippen LogP contribution in [0.5, 0.6) is 5.75 Å². The minimum Gasteiger partial charge on any atom is -0.483 e. The normalized spacial score (nSPS) is 10.5. The lowest BCUT2D eigenvalue weighted by Crippen LogP contribution is -2.31. The summed E-state index contributed by atoms with van der Waals surface area (Å²) in [6.45, 7) is 0.0682. The van der Waals surface area contributed by atoms with E-state index in [1.54, 1.807) is 43.4 Å². The van der Waals surface area contributed by atoms with E-state index in [-0.39, 0.29) is 30.4 Å². The summed E-state index contributed by atoms with van der Waals surface area (Å²) in [5, 5.41) is 0.652. The van der Waals surface area contributed by atoms with Crippen molar-refractivity contribution in [3.05, 3.63) is 77.0 Å². The van der Waals surface area contributed by atoms with Crippen LogP contribution in [0.4, 0.5) is 0 Å². The first-order valence-corrected chi connectivity index (χ1v) is 8.92. The topological polar surface area (TPSA) is 85.8 Å². The number of halogens is 1. The lowest BCUT2D eigenvalue weighted by Gasteiger charge is -2.16. The molecule has 2 aromatic carbocycles. The second kappa shape index (κ2) is 8.63. The lowest BCUT2D eigenvalue weighted by atomic mass is 10.2. The minimum absolute atomic E-state index is 0.217. The fourth-order valence-electron chi connectivity index (χ4n) is 2.60. The third-order valence-electron chi connectivity index (χ3n) is 4.11. The first-order chi connectivity index (χ1) is 13.4. The van der Waals surface area contributed by atoms with Crippen molar-refractivity contribution in [2.45, 2.75) is 6.54 Å². The fraction of sp³-hybridized carbons (Fsp3) is 0.143. The number of likely N-dealkylation sites (N-methyl/N-ethyl adjacent to an activating group) is 1. The Morgan fingerprint density at radius 3 is 2.50 bits per heavy atom. The molecule has 0 saturated heterocycles. The number of carbonyl (C=O) groups excluding carboxylic acids is 2. The third-order valence-corrected chi connectivity index (χ3v) is 4.36. The van der Waals surface area contributed by atoms with Gasteiger partial charge >= 0.3 is 0 Å². The van der Waals surface area contributed by atoms with E-state index in [4.69, 9.17) is 26.5 Å². The molecule has 0 unspecified atom stereocenters. The molecule has 1 aromatic heterocycles. The largest absolute Gasteiger partial charge is 0.483 e. The standard InChI is InChI=1S/C21H19ClN2O4/c1-24(20(25)13-27-19-5-3-2-4-17(19)21(23)26)12-16-10-11-18(28-16)14-6-8-15(22)9-7-14/h2-11H,12-13H2,1H3,(H2,23,26). The van der Waals surface area contributed by atoms with Gasteiger partial charge in [-0.25, -0.2) is 0 Å². The van der Waals surface area contributed by atoms with E-state index in [1.165, 1.54) is 4.90 Å². The summed E-state index contributed by atoms with van der Waals surface area (Å²) in [5.74, 6) is 0.739. The monoisotopic (exact) mass is 398 g/mol. The summed E-state index contributed by atoms with van der Waals surface area (Å²) < 4.78 is 11.3. The summed E-state index contributed by atoms with van der Waals surface area (Å²) in [7, 11) is 1.65. The molecule has 3 rings (SSSR count). The quantitative estimate of drug-likeness (QED) is 0.657. The number of para-hydroxylation sites is 1. The van der Waals surface area contributed by atoms with E-state index >= 15 is 0 Å². The highest BCUT2D eigenvalue weighted by Gasteiger charge is 2.15. The van der Waals surface area contributed by atoms with Crippen LogP contribution in [0.3, 0.4) is 0 Å². The number of rotatable bonds is 7. The predicted octanol–water partition coefficient (Wildman–Crippen LogP) is 3.74. The second-order valence-electron chi connectivity index (χ2n) is 6.17. The molecular weight excluding hydrogens is 380 g/mol. The zero-order valence-corrected chi connectivity index (χ0v) is 16.0. The number of amides is 2. The molecule has 28 heavy (non-hydrogen) atoms. The van der Waals surface area contributed by atoms with Crippen LogP contribution in [0.25, 0.3) is 11.3 Å². The summed E-state index contributed by atoms with van der Waals surface area (Å²) in [6, 6.07) is 17.5. The summed E-state index contributed by atoms with van der Waals surface area (Å²) in [5.41, 5.74) is 6.44. The van der Waals surface area contributed by atoms with Crippen LogP contribution in [0.15, 0.2) is 65.1 Å². The van der Waals surface area contributed by atoms with Crippen molar-refractivity contribution in [3.63, 3.8) is 0 Å². The summed E-state index contributed by atoms with van der Waals surface area (Å²) >= 11 is 5.90. The van der Waals surface area contributed by atoms with E-state index in [0.717, 1.165) is 5.56 Å². The van der Waals surface area contributed by atoms with Crippen molar-refractivity contribution in [3.8, 4) is 17.1 Å². The van der Waals surface area contributed by atoms with Gasteiger partial charge in [-0.15, -0.1) is 0 Å². The number of hydrogen-bond acceptors (Lipinski definition) is 4. The molecule has 7 heteroatoms. The van der Waals surface area contributed by atoms with Gasteiger partial charge < -0.3 is 19.8 Å². The van der Waals surface area contributed by atoms with Crippen LogP contribution in [0.2, 0.25) is 5.02 Å². The van der Waals surface area contributed by atoms with E-state index in [0.29, 0.717) is 16.5 Å². The second-order valence-corrected chi connectivity index (χ2v) is 6.61. The Labute approximate surface area is 167 Å². The smallest absolute Gasteiger partial charge is 0.260 e. The number of primary amides is 1. The van der Waals surface area contributed by atoms with Crippen molar-refractivity contribution >= 4 is 23.4 Å². The molecule has 0 fully saturated rings. The maximum atomic E-state index is 12.3. The Morgan fingerprint density at radius 1 is 1.07 bits per heavy atom. The zero-order chi connectivity index (χ0) is 20.1. The zero-order valence-electron chi connectivity index (χ0n) is 15.2. The van der Waals surface area contributed by atoms with Crippen LogP contribution in [0, 0.1) is 0 Å². The highest BCUT2D eigenvalue weighted by atomic mass is 35.5. The van der Waals surface area contributed by atoms with Crippen molar-refractivity contribution in [1.29, 1.82) is 0 Å².